The molecule has 2 N–H and O–H groups in total. The molecule has 0 aliphatic carbocycles. The summed E-state index contributed by atoms with van der Waals surface area (Å²) in [6.07, 6.45) is 0. The van der Waals surface area contributed by atoms with Crippen LogP contribution in [0.5, 0.6) is 11.5 Å². The maximum Gasteiger partial charge on any atom is 0.259 e. The number of rotatable bonds is 3. The Bertz CT molecular complexity index is 627. The molecule has 0 bridgehead atoms. The van der Waals surface area contributed by atoms with Crippen LogP contribution in [0.15, 0.2) is 42.5 Å². The third-order valence-corrected chi connectivity index (χ3v) is 3.21. The molecule has 1 aliphatic rings. The van der Waals surface area contributed by atoms with Crippen molar-refractivity contribution in [3.8, 4) is 22.6 Å². The zero-order valence-corrected chi connectivity index (χ0v) is 10.6. The van der Waals surface area contributed by atoms with E-state index in [-0.39, 0.29) is 6.79 Å². The van der Waals surface area contributed by atoms with Crippen LogP contribution in [0.2, 0.25) is 0 Å². The summed E-state index contributed by atoms with van der Waals surface area (Å²) in [5.41, 5.74) is 2.58. The van der Waals surface area contributed by atoms with E-state index >= 15 is 0 Å². The van der Waals surface area contributed by atoms with Crippen molar-refractivity contribution in [2.24, 2.45) is 0 Å². The summed E-state index contributed by atoms with van der Waals surface area (Å²) in [5.74, 6) is 1.48. The lowest BCUT2D eigenvalue weighted by atomic mass is 10.0. The van der Waals surface area contributed by atoms with Crippen LogP contribution in [0.25, 0.3) is 11.1 Å². The zero-order chi connectivity index (χ0) is 13.2. The smallest absolute Gasteiger partial charge is 0.259 e. The average Bonchev–Trinajstić information content (AvgIpc) is 2.86. The third kappa shape index (κ3) is 2.54. The van der Waals surface area contributed by atoms with E-state index in [0.29, 0.717) is 5.69 Å². The summed E-state index contributed by atoms with van der Waals surface area (Å²) in [6.45, 7) is 0.254. The molecule has 6 heteroatoms. The van der Waals surface area contributed by atoms with Gasteiger partial charge in [-0.15, -0.1) is 0 Å². The molecule has 0 spiro atoms. The molecular weight excluding hydrogens is 266 g/mol. The van der Waals surface area contributed by atoms with E-state index in [1.165, 1.54) is 0 Å². The minimum atomic E-state index is -2.05. The molecule has 1 atom stereocenters. The van der Waals surface area contributed by atoms with Gasteiger partial charge in [0.25, 0.3) is 11.3 Å². The Balaban J connectivity index is 1.88. The minimum Gasteiger partial charge on any atom is -0.454 e. The van der Waals surface area contributed by atoms with E-state index in [1.807, 2.05) is 30.3 Å². The van der Waals surface area contributed by atoms with E-state index in [0.717, 1.165) is 22.6 Å². The summed E-state index contributed by atoms with van der Waals surface area (Å²) in [4.78, 5) is 0. The SMILES string of the molecule is O=S(O)Nc1ccc(-c2ccc3c(c2)OCO3)cc1. The van der Waals surface area contributed by atoms with Crippen LogP contribution in [-0.4, -0.2) is 15.6 Å². The van der Waals surface area contributed by atoms with Crippen molar-refractivity contribution >= 4 is 17.0 Å². The summed E-state index contributed by atoms with van der Waals surface area (Å²) in [7, 11) is 0. The Kier molecular flexibility index (Phi) is 3.10. The van der Waals surface area contributed by atoms with Crippen molar-refractivity contribution in [2.45, 2.75) is 0 Å². The van der Waals surface area contributed by atoms with Crippen LogP contribution in [-0.2, 0) is 11.3 Å². The number of anilines is 1. The first-order valence-corrected chi connectivity index (χ1v) is 6.71. The quantitative estimate of drug-likeness (QED) is 0.846. The third-order valence-electron chi connectivity index (χ3n) is 2.80. The summed E-state index contributed by atoms with van der Waals surface area (Å²) in [5, 5.41) is 0. The van der Waals surface area contributed by atoms with Crippen molar-refractivity contribution in [2.75, 3.05) is 11.5 Å². The van der Waals surface area contributed by atoms with E-state index in [9.17, 15) is 4.21 Å². The lowest BCUT2D eigenvalue weighted by molar-refractivity contribution is 0.174. The number of hydrogen-bond acceptors (Lipinski definition) is 3. The standard InChI is InChI=1S/C13H11NO4S/c15-19(16)14-11-4-1-9(2-5-11)10-3-6-12-13(7-10)18-8-17-12/h1-7,14H,8H2,(H,15,16). The van der Waals surface area contributed by atoms with Crippen molar-refractivity contribution in [1.29, 1.82) is 0 Å². The van der Waals surface area contributed by atoms with Gasteiger partial charge >= 0.3 is 0 Å². The summed E-state index contributed by atoms with van der Waals surface area (Å²) < 4.78 is 32.3. The lowest BCUT2D eigenvalue weighted by Crippen LogP contribution is -2.01. The second kappa shape index (κ2) is 4.91. The van der Waals surface area contributed by atoms with Crippen LogP contribution < -0.4 is 14.2 Å². The fourth-order valence-corrected chi connectivity index (χ4v) is 2.25. The zero-order valence-electron chi connectivity index (χ0n) is 9.83. The Morgan fingerprint density at radius 2 is 1.68 bits per heavy atom. The first-order valence-electron chi connectivity index (χ1n) is 5.60. The van der Waals surface area contributed by atoms with Crippen LogP contribution in [0, 0.1) is 0 Å². The molecule has 0 radical (unpaired) electrons. The molecule has 1 heterocycles. The summed E-state index contributed by atoms with van der Waals surface area (Å²) >= 11 is -2.05. The highest BCUT2D eigenvalue weighted by Gasteiger charge is 2.13. The Morgan fingerprint density at radius 3 is 2.42 bits per heavy atom. The van der Waals surface area contributed by atoms with Crippen molar-refractivity contribution in [1.82, 2.24) is 0 Å². The second-order valence-corrected chi connectivity index (χ2v) is 4.70. The van der Waals surface area contributed by atoms with Gasteiger partial charge in [0.15, 0.2) is 11.5 Å². The van der Waals surface area contributed by atoms with Crippen LogP contribution >= 0.6 is 0 Å². The van der Waals surface area contributed by atoms with Gasteiger partial charge in [0.1, 0.15) is 0 Å². The Labute approximate surface area is 112 Å². The molecule has 0 saturated heterocycles. The van der Waals surface area contributed by atoms with Gasteiger partial charge < -0.3 is 9.47 Å². The van der Waals surface area contributed by atoms with Crippen molar-refractivity contribution < 1.29 is 18.2 Å². The van der Waals surface area contributed by atoms with Gasteiger partial charge in [-0.3, -0.25) is 9.27 Å². The first-order chi connectivity index (χ1) is 9.22. The van der Waals surface area contributed by atoms with Gasteiger partial charge in [-0.2, -0.15) is 0 Å². The molecule has 2 aromatic carbocycles. The molecule has 19 heavy (non-hydrogen) atoms. The monoisotopic (exact) mass is 277 g/mol. The fourth-order valence-electron chi connectivity index (χ4n) is 1.91. The normalized spacial score (nSPS) is 14.2. The number of benzene rings is 2. The van der Waals surface area contributed by atoms with Gasteiger partial charge in [0.05, 0.1) is 0 Å². The van der Waals surface area contributed by atoms with Gasteiger partial charge in [0, 0.05) is 5.69 Å². The van der Waals surface area contributed by atoms with Crippen molar-refractivity contribution in [3.63, 3.8) is 0 Å². The molecule has 3 rings (SSSR count). The topological polar surface area (TPSA) is 67.8 Å². The molecule has 5 nitrogen and oxygen atoms in total. The molecule has 2 aromatic rings. The predicted molar refractivity (Wildman–Crippen MR) is 72.4 cm³/mol. The lowest BCUT2D eigenvalue weighted by Gasteiger charge is -2.05. The van der Waals surface area contributed by atoms with Crippen LogP contribution in [0.4, 0.5) is 5.69 Å². The summed E-state index contributed by atoms with van der Waals surface area (Å²) in [6, 6.07) is 12.9. The van der Waals surface area contributed by atoms with Crippen LogP contribution in [0.1, 0.15) is 0 Å². The highest BCUT2D eigenvalue weighted by Crippen LogP contribution is 2.36. The molecule has 0 fully saturated rings. The van der Waals surface area contributed by atoms with Gasteiger partial charge in [0.2, 0.25) is 6.79 Å². The molecule has 1 unspecified atom stereocenters. The maximum atomic E-state index is 10.6. The molecule has 0 saturated carbocycles. The molecule has 98 valence electrons. The largest absolute Gasteiger partial charge is 0.454 e. The Hall–Kier alpha value is -2.05. The fraction of sp³-hybridized carbons (Fsp3) is 0.0769. The van der Waals surface area contributed by atoms with Crippen LogP contribution in [0.3, 0.4) is 0 Å². The van der Waals surface area contributed by atoms with E-state index in [2.05, 4.69) is 4.72 Å². The van der Waals surface area contributed by atoms with E-state index in [1.54, 1.807) is 12.1 Å². The number of hydrogen-bond donors (Lipinski definition) is 2. The number of fused-ring (bicyclic) bond motifs is 1. The van der Waals surface area contributed by atoms with E-state index in [4.69, 9.17) is 14.0 Å². The number of ether oxygens (including phenoxy) is 2. The van der Waals surface area contributed by atoms with E-state index < -0.39 is 11.3 Å². The molecule has 0 amide bonds. The molecule has 0 aromatic heterocycles. The minimum absolute atomic E-state index is 0.254. The highest BCUT2D eigenvalue weighted by molar-refractivity contribution is 7.80. The molecule has 1 aliphatic heterocycles. The maximum absolute atomic E-state index is 10.6. The highest BCUT2D eigenvalue weighted by atomic mass is 32.2. The van der Waals surface area contributed by atoms with Gasteiger partial charge in [-0.05, 0) is 35.4 Å². The predicted octanol–water partition coefficient (Wildman–Crippen LogP) is 2.63. The Morgan fingerprint density at radius 1 is 1.00 bits per heavy atom. The van der Waals surface area contributed by atoms with Gasteiger partial charge in [-0.1, -0.05) is 18.2 Å². The second-order valence-electron chi connectivity index (χ2n) is 4.00. The van der Waals surface area contributed by atoms with Crippen molar-refractivity contribution in [3.05, 3.63) is 42.5 Å². The van der Waals surface area contributed by atoms with Gasteiger partial charge in [-0.25, -0.2) is 4.21 Å². The average molecular weight is 277 g/mol. The first kappa shape index (κ1) is 12.0. The number of nitrogens with one attached hydrogen (secondary N) is 1. The molecular formula is C13H11NO4S.